The number of hydrogen-bond acceptors (Lipinski definition) is 6. The molecule has 0 aliphatic heterocycles. The number of nitro groups is 1. The number of carbonyl (C=O) groups is 1. The van der Waals surface area contributed by atoms with Crippen LogP contribution in [0.15, 0.2) is 28.5 Å². The third-order valence-electron chi connectivity index (χ3n) is 3.07. The van der Waals surface area contributed by atoms with E-state index in [1.807, 2.05) is 18.6 Å². The van der Waals surface area contributed by atoms with E-state index in [9.17, 15) is 14.9 Å². The smallest absolute Gasteiger partial charge is 0.282 e. The number of aryl methyl sites for hydroxylation is 1. The van der Waals surface area contributed by atoms with E-state index in [1.54, 1.807) is 13.0 Å². The first-order valence-electron chi connectivity index (χ1n) is 6.47. The summed E-state index contributed by atoms with van der Waals surface area (Å²) < 4.78 is 0. The van der Waals surface area contributed by atoms with E-state index in [0.29, 0.717) is 0 Å². The molecule has 0 aliphatic carbocycles. The van der Waals surface area contributed by atoms with Gasteiger partial charge in [-0.25, -0.2) is 4.98 Å². The van der Waals surface area contributed by atoms with Gasteiger partial charge in [0.2, 0.25) is 0 Å². The summed E-state index contributed by atoms with van der Waals surface area (Å²) in [5.41, 5.74) is 0.618. The molecule has 1 N–H and O–H groups in total. The van der Waals surface area contributed by atoms with Crippen LogP contribution in [0.2, 0.25) is 0 Å². The van der Waals surface area contributed by atoms with Crippen LogP contribution in [0.4, 0.5) is 5.69 Å². The molecule has 1 aromatic heterocycles. The molecule has 1 amide bonds. The minimum atomic E-state index is -0.545. The van der Waals surface area contributed by atoms with Gasteiger partial charge in [-0.05, 0) is 32.2 Å². The number of nitrogens with one attached hydrogen (secondary N) is 1. The van der Waals surface area contributed by atoms with Crippen molar-refractivity contribution in [3.05, 3.63) is 50.0 Å². The molecular weight excluding hydrogens is 322 g/mol. The van der Waals surface area contributed by atoms with Crippen LogP contribution in [0.5, 0.6) is 0 Å². The van der Waals surface area contributed by atoms with Gasteiger partial charge in [0, 0.05) is 16.3 Å². The molecule has 0 aliphatic rings. The lowest BCUT2D eigenvalue weighted by molar-refractivity contribution is -0.385. The molecule has 116 valence electrons. The van der Waals surface area contributed by atoms with Crippen molar-refractivity contribution in [2.75, 3.05) is 6.26 Å². The van der Waals surface area contributed by atoms with Crippen LogP contribution in [-0.2, 0) is 0 Å². The largest absolute Gasteiger partial charge is 0.344 e. The number of thiazole rings is 1. The van der Waals surface area contributed by atoms with Crippen molar-refractivity contribution >= 4 is 34.7 Å². The predicted octanol–water partition coefficient (Wildman–Crippen LogP) is 3.57. The van der Waals surface area contributed by atoms with Crippen molar-refractivity contribution in [3.8, 4) is 0 Å². The Kier molecular flexibility index (Phi) is 5.15. The molecule has 1 heterocycles. The van der Waals surface area contributed by atoms with Gasteiger partial charge in [0.1, 0.15) is 5.56 Å². The third-order valence-corrected chi connectivity index (χ3v) is 4.59. The van der Waals surface area contributed by atoms with Crippen LogP contribution in [0.1, 0.15) is 34.0 Å². The number of nitrogens with zero attached hydrogens (tertiary/aromatic N) is 2. The number of carbonyl (C=O) groups excluding carboxylic acids is 1. The monoisotopic (exact) mass is 337 g/mol. The number of aromatic nitrogens is 1. The van der Waals surface area contributed by atoms with E-state index in [-0.39, 0.29) is 17.3 Å². The quantitative estimate of drug-likeness (QED) is 0.512. The molecule has 0 radical (unpaired) electrons. The Morgan fingerprint density at radius 1 is 1.50 bits per heavy atom. The van der Waals surface area contributed by atoms with Crippen LogP contribution in [0.3, 0.4) is 0 Å². The molecule has 22 heavy (non-hydrogen) atoms. The maximum atomic E-state index is 12.4. The second-order valence-corrected chi connectivity index (χ2v) is 6.57. The zero-order valence-electron chi connectivity index (χ0n) is 12.3. The van der Waals surface area contributed by atoms with Crippen molar-refractivity contribution in [1.29, 1.82) is 0 Å². The minimum Gasteiger partial charge on any atom is -0.344 e. The molecule has 0 fully saturated rings. The summed E-state index contributed by atoms with van der Waals surface area (Å²) in [6.07, 6.45) is 1.85. The fraction of sp³-hybridized carbons (Fsp3) is 0.286. The summed E-state index contributed by atoms with van der Waals surface area (Å²) in [5, 5.41) is 16.6. The highest BCUT2D eigenvalue weighted by molar-refractivity contribution is 7.98. The van der Waals surface area contributed by atoms with Gasteiger partial charge in [-0.2, -0.15) is 0 Å². The molecule has 8 heteroatoms. The maximum Gasteiger partial charge on any atom is 0.282 e. The zero-order valence-corrected chi connectivity index (χ0v) is 14.0. The van der Waals surface area contributed by atoms with Gasteiger partial charge in [0.25, 0.3) is 11.6 Å². The molecule has 2 aromatic rings. The second kappa shape index (κ2) is 6.89. The Labute approximate surface area is 136 Å². The highest BCUT2D eigenvalue weighted by Crippen LogP contribution is 2.25. The maximum absolute atomic E-state index is 12.4. The van der Waals surface area contributed by atoms with Crippen LogP contribution < -0.4 is 5.32 Å². The van der Waals surface area contributed by atoms with Crippen LogP contribution in [-0.4, -0.2) is 22.1 Å². The summed E-state index contributed by atoms with van der Waals surface area (Å²) in [6, 6.07) is 4.22. The first kappa shape index (κ1) is 16.4. The average molecular weight is 337 g/mol. The Bertz CT molecular complexity index is 715. The third kappa shape index (κ3) is 3.63. The number of amides is 1. The van der Waals surface area contributed by atoms with Gasteiger partial charge in [0.05, 0.1) is 21.7 Å². The molecule has 1 unspecified atom stereocenters. The topological polar surface area (TPSA) is 85.1 Å². The molecule has 0 spiro atoms. The summed E-state index contributed by atoms with van der Waals surface area (Å²) in [4.78, 5) is 28.0. The van der Waals surface area contributed by atoms with Crippen molar-refractivity contribution < 1.29 is 9.72 Å². The van der Waals surface area contributed by atoms with Gasteiger partial charge in [-0.15, -0.1) is 23.1 Å². The summed E-state index contributed by atoms with van der Waals surface area (Å²) in [7, 11) is 0. The first-order valence-corrected chi connectivity index (χ1v) is 8.58. The number of rotatable bonds is 5. The van der Waals surface area contributed by atoms with E-state index in [1.165, 1.54) is 35.2 Å². The molecule has 0 saturated heterocycles. The summed E-state index contributed by atoms with van der Waals surface area (Å²) >= 11 is 2.92. The summed E-state index contributed by atoms with van der Waals surface area (Å²) in [6.45, 7) is 3.69. The van der Waals surface area contributed by atoms with E-state index in [2.05, 4.69) is 10.3 Å². The van der Waals surface area contributed by atoms with Crippen LogP contribution in [0.25, 0.3) is 0 Å². The Balaban J connectivity index is 2.26. The molecule has 6 nitrogen and oxygen atoms in total. The van der Waals surface area contributed by atoms with Gasteiger partial charge in [-0.3, -0.25) is 14.9 Å². The van der Waals surface area contributed by atoms with Crippen LogP contribution in [0, 0.1) is 17.0 Å². The Morgan fingerprint density at radius 3 is 2.77 bits per heavy atom. The van der Waals surface area contributed by atoms with Crippen molar-refractivity contribution in [2.45, 2.75) is 24.8 Å². The van der Waals surface area contributed by atoms with Gasteiger partial charge >= 0.3 is 0 Å². The van der Waals surface area contributed by atoms with Gasteiger partial charge in [-0.1, -0.05) is 0 Å². The molecule has 1 atom stereocenters. The lowest BCUT2D eigenvalue weighted by atomic mass is 10.1. The number of nitro benzene ring substituents is 1. The molecular formula is C14H15N3O3S2. The molecule has 2 rings (SSSR count). The van der Waals surface area contributed by atoms with E-state index in [0.717, 1.165) is 15.6 Å². The van der Waals surface area contributed by atoms with Crippen molar-refractivity contribution in [2.24, 2.45) is 0 Å². The van der Waals surface area contributed by atoms with E-state index < -0.39 is 10.8 Å². The highest BCUT2D eigenvalue weighted by Gasteiger charge is 2.22. The number of benzene rings is 1. The average Bonchev–Trinajstić information content (AvgIpc) is 2.93. The normalized spacial score (nSPS) is 12.0. The molecule has 0 bridgehead atoms. The Morgan fingerprint density at radius 2 is 2.23 bits per heavy atom. The van der Waals surface area contributed by atoms with Gasteiger partial charge < -0.3 is 5.32 Å². The Hall–Kier alpha value is -1.93. The van der Waals surface area contributed by atoms with Crippen molar-refractivity contribution in [3.63, 3.8) is 0 Å². The lowest BCUT2D eigenvalue weighted by Crippen LogP contribution is -2.27. The van der Waals surface area contributed by atoms with Crippen LogP contribution >= 0.6 is 23.1 Å². The van der Waals surface area contributed by atoms with Gasteiger partial charge in [0.15, 0.2) is 0 Å². The summed E-state index contributed by atoms with van der Waals surface area (Å²) in [5.74, 6) is -0.472. The standard InChI is InChI=1S/C14H15N3O3S2/c1-8(12-7-22-9(2)16-12)15-14(18)11-6-10(21-3)4-5-13(11)17(19)20/h4-8H,1-3H3,(H,15,18). The second-order valence-electron chi connectivity index (χ2n) is 4.63. The van der Waals surface area contributed by atoms with E-state index in [4.69, 9.17) is 0 Å². The fourth-order valence-corrected chi connectivity index (χ4v) is 3.06. The minimum absolute atomic E-state index is 0.0654. The fourth-order valence-electron chi connectivity index (χ4n) is 1.91. The first-order chi connectivity index (χ1) is 10.4. The lowest BCUT2D eigenvalue weighted by Gasteiger charge is -2.12. The number of thioether (sulfide) groups is 1. The molecule has 0 saturated carbocycles. The van der Waals surface area contributed by atoms with E-state index >= 15 is 0 Å². The van der Waals surface area contributed by atoms with Crippen molar-refractivity contribution in [1.82, 2.24) is 10.3 Å². The highest BCUT2D eigenvalue weighted by atomic mass is 32.2. The predicted molar refractivity (Wildman–Crippen MR) is 87.6 cm³/mol. The SMILES string of the molecule is CSc1ccc([N+](=O)[O-])c(C(=O)NC(C)c2csc(C)n2)c1. The zero-order chi connectivity index (χ0) is 16.3. The molecule has 1 aromatic carbocycles. The number of hydrogen-bond donors (Lipinski definition) is 1.